The maximum absolute atomic E-state index is 11.5. The van der Waals surface area contributed by atoms with Crippen LogP contribution in [-0.2, 0) is 14.3 Å². The average Bonchev–Trinajstić information content (AvgIpc) is 2.47. The first-order valence-electron chi connectivity index (χ1n) is 6.13. The predicted molar refractivity (Wildman–Crippen MR) is 67.2 cm³/mol. The SMILES string of the molecule is CCOc1cc(N2CCOC(C(=O)OC)C2)ncn1. The summed E-state index contributed by atoms with van der Waals surface area (Å²) in [4.78, 5) is 21.6. The van der Waals surface area contributed by atoms with Gasteiger partial charge >= 0.3 is 5.97 Å². The van der Waals surface area contributed by atoms with Crippen molar-refractivity contribution < 1.29 is 19.0 Å². The standard InChI is InChI=1S/C12H17N3O4/c1-3-18-11-6-10(13-8-14-11)15-4-5-19-9(7-15)12(16)17-2/h6,8-9H,3-5,7H2,1-2H3. The van der Waals surface area contributed by atoms with E-state index in [1.807, 2.05) is 11.8 Å². The molecule has 1 aliphatic rings. The van der Waals surface area contributed by atoms with Crippen LogP contribution in [0.3, 0.4) is 0 Å². The summed E-state index contributed by atoms with van der Waals surface area (Å²) in [6, 6.07) is 1.75. The van der Waals surface area contributed by atoms with E-state index in [2.05, 4.69) is 14.7 Å². The molecule has 1 saturated heterocycles. The highest BCUT2D eigenvalue weighted by molar-refractivity contribution is 5.75. The molecule has 0 bridgehead atoms. The molecule has 104 valence electrons. The van der Waals surface area contributed by atoms with Gasteiger partial charge in [0.1, 0.15) is 12.1 Å². The van der Waals surface area contributed by atoms with E-state index in [1.165, 1.54) is 13.4 Å². The van der Waals surface area contributed by atoms with E-state index in [9.17, 15) is 4.79 Å². The second-order valence-electron chi connectivity index (χ2n) is 3.98. The van der Waals surface area contributed by atoms with Crippen molar-refractivity contribution in [1.82, 2.24) is 9.97 Å². The third-order valence-corrected chi connectivity index (χ3v) is 2.77. The van der Waals surface area contributed by atoms with Gasteiger partial charge in [0.25, 0.3) is 0 Å². The molecule has 0 saturated carbocycles. The van der Waals surface area contributed by atoms with Crippen LogP contribution in [0.25, 0.3) is 0 Å². The number of methoxy groups -OCH3 is 1. The van der Waals surface area contributed by atoms with Crippen LogP contribution in [0.1, 0.15) is 6.92 Å². The number of rotatable bonds is 4. The molecule has 19 heavy (non-hydrogen) atoms. The molecule has 0 aliphatic carbocycles. The molecular formula is C12H17N3O4. The zero-order valence-corrected chi connectivity index (χ0v) is 11.0. The summed E-state index contributed by atoms with van der Waals surface area (Å²) in [5.41, 5.74) is 0. The average molecular weight is 267 g/mol. The lowest BCUT2D eigenvalue weighted by Crippen LogP contribution is -2.46. The van der Waals surface area contributed by atoms with Crippen LogP contribution >= 0.6 is 0 Å². The van der Waals surface area contributed by atoms with E-state index in [0.717, 1.165) is 5.82 Å². The molecule has 1 fully saturated rings. The summed E-state index contributed by atoms with van der Waals surface area (Å²) in [6.45, 7) is 3.97. The number of anilines is 1. The Labute approximate surface area is 111 Å². The highest BCUT2D eigenvalue weighted by Gasteiger charge is 2.28. The molecule has 7 nitrogen and oxygen atoms in total. The molecule has 0 aromatic carbocycles. The number of hydrogen-bond donors (Lipinski definition) is 0. The summed E-state index contributed by atoms with van der Waals surface area (Å²) < 4.78 is 15.4. The number of aromatic nitrogens is 2. The lowest BCUT2D eigenvalue weighted by molar-refractivity contribution is -0.154. The molecular weight excluding hydrogens is 250 g/mol. The molecule has 0 amide bonds. The third kappa shape index (κ3) is 3.31. The van der Waals surface area contributed by atoms with Crippen molar-refractivity contribution in [1.29, 1.82) is 0 Å². The summed E-state index contributed by atoms with van der Waals surface area (Å²) in [5, 5.41) is 0. The van der Waals surface area contributed by atoms with Crippen LogP contribution in [0, 0.1) is 0 Å². The Balaban J connectivity index is 2.08. The van der Waals surface area contributed by atoms with Gasteiger partial charge in [0.15, 0.2) is 6.10 Å². The largest absolute Gasteiger partial charge is 0.478 e. The van der Waals surface area contributed by atoms with Crippen molar-refractivity contribution in [2.75, 3.05) is 38.3 Å². The van der Waals surface area contributed by atoms with Crippen molar-refractivity contribution in [3.8, 4) is 5.88 Å². The van der Waals surface area contributed by atoms with Gasteiger partial charge in [0, 0.05) is 12.6 Å². The molecule has 1 aliphatic heterocycles. The second-order valence-corrected chi connectivity index (χ2v) is 3.98. The first kappa shape index (κ1) is 13.5. The Bertz CT molecular complexity index is 441. The van der Waals surface area contributed by atoms with Gasteiger partial charge in [-0.15, -0.1) is 0 Å². The number of nitrogens with zero attached hydrogens (tertiary/aromatic N) is 3. The summed E-state index contributed by atoms with van der Waals surface area (Å²) in [6.07, 6.45) is 0.868. The molecule has 1 aromatic heterocycles. The molecule has 7 heteroatoms. The Morgan fingerprint density at radius 3 is 3.16 bits per heavy atom. The quantitative estimate of drug-likeness (QED) is 0.724. The topological polar surface area (TPSA) is 73.8 Å². The zero-order valence-electron chi connectivity index (χ0n) is 11.0. The fraction of sp³-hybridized carbons (Fsp3) is 0.583. The van der Waals surface area contributed by atoms with Crippen LogP contribution in [0.15, 0.2) is 12.4 Å². The minimum atomic E-state index is -0.579. The van der Waals surface area contributed by atoms with Gasteiger partial charge in [0.2, 0.25) is 5.88 Å². The summed E-state index contributed by atoms with van der Waals surface area (Å²) in [5.74, 6) is 0.869. The van der Waals surface area contributed by atoms with Crippen molar-refractivity contribution in [2.45, 2.75) is 13.0 Å². The van der Waals surface area contributed by atoms with Gasteiger partial charge in [0.05, 0.1) is 26.9 Å². The number of morpholine rings is 1. The third-order valence-electron chi connectivity index (χ3n) is 2.77. The van der Waals surface area contributed by atoms with Gasteiger partial charge in [-0.05, 0) is 6.92 Å². The Kier molecular flexibility index (Phi) is 4.51. The normalized spacial score (nSPS) is 19.1. The Morgan fingerprint density at radius 1 is 1.58 bits per heavy atom. The lowest BCUT2D eigenvalue weighted by Gasteiger charge is -2.32. The summed E-state index contributed by atoms with van der Waals surface area (Å²) >= 11 is 0. The van der Waals surface area contributed by atoms with Crippen LogP contribution in [-0.4, -0.2) is 55.5 Å². The Morgan fingerprint density at radius 2 is 2.42 bits per heavy atom. The number of carbonyl (C=O) groups excluding carboxylic acids is 1. The first-order chi connectivity index (χ1) is 9.24. The van der Waals surface area contributed by atoms with Crippen LogP contribution in [0.4, 0.5) is 5.82 Å². The van der Waals surface area contributed by atoms with Crippen LogP contribution in [0.2, 0.25) is 0 Å². The molecule has 0 N–H and O–H groups in total. The highest BCUT2D eigenvalue weighted by atomic mass is 16.6. The van der Waals surface area contributed by atoms with Crippen molar-refractivity contribution in [3.63, 3.8) is 0 Å². The predicted octanol–water partition coefficient (Wildman–Crippen LogP) is 0.253. The van der Waals surface area contributed by atoms with Crippen molar-refractivity contribution >= 4 is 11.8 Å². The first-order valence-corrected chi connectivity index (χ1v) is 6.13. The van der Waals surface area contributed by atoms with Gasteiger partial charge in [-0.2, -0.15) is 0 Å². The lowest BCUT2D eigenvalue weighted by atomic mass is 10.2. The zero-order chi connectivity index (χ0) is 13.7. The minimum absolute atomic E-state index is 0.371. The maximum atomic E-state index is 11.5. The van der Waals surface area contributed by atoms with E-state index >= 15 is 0 Å². The molecule has 0 spiro atoms. The van der Waals surface area contributed by atoms with Crippen molar-refractivity contribution in [2.24, 2.45) is 0 Å². The van der Waals surface area contributed by atoms with Gasteiger partial charge in [-0.1, -0.05) is 0 Å². The van der Waals surface area contributed by atoms with Gasteiger partial charge < -0.3 is 19.1 Å². The molecule has 1 unspecified atom stereocenters. The fourth-order valence-electron chi connectivity index (χ4n) is 1.86. The monoisotopic (exact) mass is 267 g/mol. The number of hydrogen-bond acceptors (Lipinski definition) is 7. The molecule has 0 radical (unpaired) electrons. The molecule has 2 heterocycles. The molecule has 1 atom stereocenters. The second kappa shape index (κ2) is 6.33. The maximum Gasteiger partial charge on any atom is 0.336 e. The number of ether oxygens (including phenoxy) is 3. The summed E-state index contributed by atoms with van der Waals surface area (Å²) in [7, 11) is 1.35. The smallest absolute Gasteiger partial charge is 0.336 e. The van der Waals surface area contributed by atoms with Crippen molar-refractivity contribution in [3.05, 3.63) is 12.4 Å². The van der Waals surface area contributed by atoms with Crippen LogP contribution < -0.4 is 9.64 Å². The number of esters is 1. The molecule has 2 rings (SSSR count). The van der Waals surface area contributed by atoms with Crippen LogP contribution in [0.5, 0.6) is 5.88 Å². The van der Waals surface area contributed by atoms with E-state index in [-0.39, 0.29) is 5.97 Å². The number of carbonyl (C=O) groups is 1. The Hall–Kier alpha value is -1.89. The minimum Gasteiger partial charge on any atom is -0.478 e. The highest BCUT2D eigenvalue weighted by Crippen LogP contribution is 2.18. The van der Waals surface area contributed by atoms with E-state index in [0.29, 0.717) is 32.2 Å². The van der Waals surface area contributed by atoms with E-state index in [1.54, 1.807) is 6.07 Å². The van der Waals surface area contributed by atoms with E-state index < -0.39 is 6.10 Å². The van der Waals surface area contributed by atoms with Gasteiger partial charge in [-0.25, -0.2) is 14.8 Å². The fourth-order valence-corrected chi connectivity index (χ4v) is 1.86. The van der Waals surface area contributed by atoms with E-state index in [4.69, 9.17) is 9.47 Å². The van der Waals surface area contributed by atoms with Gasteiger partial charge in [-0.3, -0.25) is 0 Å². The molecule has 1 aromatic rings.